The fourth-order valence-corrected chi connectivity index (χ4v) is 4.65. The number of fused-ring (bicyclic) bond motifs is 1. The first-order valence-electron chi connectivity index (χ1n) is 11.5. The molecule has 0 spiro atoms. The first-order valence-corrected chi connectivity index (χ1v) is 11.5. The van der Waals surface area contributed by atoms with Gasteiger partial charge in [0.1, 0.15) is 11.6 Å². The predicted octanol–water partition coefficient (Wildman–Crippen LogP) is 4.35. The topological polar surface area (TPSA) is 50.6 Å². The molecule has 1 fully saturated rings. The molecule has 32 heavy (non-hydrogen) atoms. The predicted molar refractivity (Wildman–Crippen MR) is 128 cm³/mol. The molecule has 1 aromatic heterocycles. The van der Waals surface area contributed by atoms with Gasteiger partial charge in [0.25, 0.3) is 5.91 Å². The molecule has 0 N–H and O–H groups in total. The average Bonchev–Trinajstić information content (AvgIpc) is 3.12. The number of likely N-dealkylation sites (tertiary alicyclic amines) is 1. The Morgan fingerprint density at radius 2 is 1.84 bits per heavy atom. The second-order valence-corrected chi connectivity index (χ2v) is 9.07. The van der Waals surface area contributed by atoms with E-state index in [2.05, 4.69) is 40.4 Å². The molecule has 1 saturated heterocycles. The molecule has 0 radical (unpaired) electrons. The molecule has 1 amide bonds. The number of aryl methyl sites for hydroxylation is 1. The van der Waals surface area contributed by atoms with E-state index < -0.39 is 0 Å². The number of carbonyl (C=O) groups excluding carboxylic acids is 1. The Balaban J connectivity index is 1.44. The summed E-state index contributed by atoms with van der Waals surface area (Å²) in [6.07, 6.45) is 2.08. The zero-order valence-corrected chi connectivity index (χ0v) is 19.8. The zero-order chi connectivity index (χ0) is 22.8. The second kappa shape index (κ2) is 9.33. The lowest BCUT2D eigenvalue weighted by Gasteiger charge is -2.38. The fraction of sp³-hybridized carbons (Fsp3) is 0.462. The van der Waals surface area contributed by atoms with Crippen LogP contribution in [-0.4, -0.2) is 64.6 Å². The Bertz CT molecular complexity index is 1080. The van der Waals surface area contributed by atoms with Crippen LogP contribution >= 0.6 is 0 Å². The van der Waals surface area contributed by atoms with Crippen LogP contribution in [0.2, 0.25) is 0 Å². The molecule has 6 nitrogen and oxygen atoms in total. The van der Waals surface area contributed by atoms with E-state index in [4.69, 9.17) is 4.74 Å². The normalized spacial score (nSPS) is 15.4. The molecule has 1 aliphatic heterocycles. The van der Waals surface area contributed by atoms with E-state index in [1.807, 2.05) is 49.2 Å². The van der Waals surface area contributed by atoms with Gasteiger partial charge in [-0.1, -0.05) is 12.1 Å². The van der Waals surface area contributed by atoms with Crippen molar-refractivity contribution in [2.45, 2.75) is 52.2 Å². The number of piperidine rings is 1. The van der Waals surface area contributed by atoms with Crippen LogP contribution in [0.3, 0.4) is 0 Å². The van der Waals surface area contributed by atoms with Gasteiger partial charge in [-0.15, -0.1) is 0 Å². The number of amides is 1. The molecular formula is C26H34N4O2. The van der Waals surface area contributed by atoms with Gasteiger partial charge in [-0.25, -0.2) is 4.98 Å². The number of benzene rings is 2. The van der Waals surface area contributed by atoms with Crippen molar-refractivity contribution in [2.24, 2.45) is 0 Å². The zero-order valence-electron chi connectivity index (χ0n) is 19.8. The Morgan fingerprint density at radius 3 is 2.47 bits per heavy atom. The van der Waals surface area contributed by atoms with Gasteiger partial charge >= 0.3 is 0 Å². The average molecular weight is 435 g/mol. The van der Waals surface area contributed by atoms with E-state index in [1.54, 1.807) is 7.11 Å². The van der Waals surface area contributed by atoms with Crippen molar-refractivity contribution in [1.82, 2.24) is 19.4 Å². The van der Waals surface area contributed by atoms with Gasteiger partial charge in [0, 0.05) is 50.4 Å². The molecule has 0 bridgehead atoms. The van der Waals surface area contributed by atoms with E-state index in [0.29, 0.717) is 18.6 Å². The van der Waals surface area contributed by atoms with Gasteiger partial charge < -0.3 is 19.1 Å². The lowest BCUT2D eigenvalue weighted by atomic mass is 10.0. The van der Waals surface area contributed by atoms with Crippen molar-refractivity contribution in [3.8, 4) is 5.75 Å². The Kier molecular flexibility index (Phi) is 6.51. The summed E-state index contributed by atoms with van der Waals surface area (Å²) in [6.45, 7) is 9.33. The summed E-state index contributed by atoms with van der Waals surface area (Å²) in [5.41, 5.74) is 3.90. The van der Waals surface area contributed by atoms with Crippen LogP contribution in [0, 0.1) is 6.92 Å². The van der Waals surface area contributed by atoms with Gasteiger partial charge in [-0.3, -0.25) is 4.79 Å². The highest BCUT2D eigenvalue weighted by molar-refractivity contribution is 5.94. The van der Waals surface area contributed by atoms with E-state index in [0.717, 1.165) is 59.7 Å². The van der Waals surface area contributed by atoms with Crippen LogP contribution in [0.4, 0.5) is 0 Å². The third-order valence-electron chi connectivity index (χ3n) is 6.79. The number of carbonyl (C=O) groups is 1. The third kappa shape index (κ3) is 4.51. The van der Waals surface area contributed by atoms with Crippen molar-refractivity contribution in [1.29, 1.82) is 0 Å². The van der Waals surface area contributed by atoms with Crippen molar-refractivity contribution in [2.75, 3.05) is 27.2 Å². The number of aromatic nitrogens is 2. The lowest BCUT2D eigenvalue weighted by molar-refractivity contribution is 0.0615. The van der Waals surface area contributed by atoms with Crippen molar-refractivity contribution in [3.05, 3.63) is 59.4 Å². The summed E-state index contributed by atoms with van der Waals surface area (Å²) >= 11 is 0. The Morgan fingerprint density at radius 1 is 1.16 bits per heavy atom. The third-order valence-corrected chi connectivity index (χ3v) is 6.79. The largest absolute Gasteiger partial charge is 0.497 e. The summed E-state index contributed by atoms with van der Waals surface area (Å²) in [5, 5.41) is 0. The van der Waals surface area contributed by atoms with Crippen LogP contribution in [0.15, 0.2) is 42.5 Å². The van der Waals surface area contributed by atoms with E-state index in [1.165, 1.54) is 0 Å². The maximum atomic E-state index is 13.1. The maximum absolute atomic E-state index is 13.1. The van der Waals surface area contributed by atoms with Crippen molar-refractivity contribution < 1.29 is 9.53 Å². The summed E-state index contributed by atoms with van der Waals surface area (Å²) in [4.78, 5) is 22.2. The molecule has 0 aliphatic carbocycles. The SMILES string of the molecule is COc1ccc2c(c1)nc(C)n2Cc1ccc(C(=O)N(C)C2CCN(C(C)C)CC2)cc1. The molecule has 1 aliphatic rings. The minimum Gasteiger partial charge on any atom is -0.497 e. The summed E-state index contributed by atoms with van der Waals surface area (Å²) in [5.74, 6) is 1.88. The highest BCUT2D eigenvalue weighted by Gasteiger charge is 2.26. The van der Waals surface area contributed by atoms with Gasteiger partial charge in [0.05, 0.1) is 18.1 Å². The van der Waals surface area contributed by atoms with Gasteiger partial charge in [-0.05, 0) is 63.4 Å². The highest BCUT2D eigenvalue weighted by atomic mass is 16.5. The maximum Gasteiger partial charge on any atom is 0.253 e. The molecule has 6 heteroatoms. The van der Waals surface area contributed by atoms with Crippen LogP contribution in [-0.2, 0) is 6.54 Å². The first kappa shape index (κ1) is 22.3. The summed E-state index contributed by atoms with van der Waals surface area (Å²) in [6, 6.07) is 14.9. The molecular weight excluding hydrogens is 400 g/mol. The Hall–Kier alpha value is -2.86. The molecule has 2 heterocycles. The monoisotopic (exact) mass is 434 g/mol. The standard InChI is InChI=1S/C26H34N4O2/c1-18(2)29-14-12-22(13-15-29)28(4)26(31)21-8-6-20(7-9-21)17-30-19(3)27-24-16-23(32-5)10-11-25(24)30/h6-11,16,18,22H,12-15,17H2,1-5H3. The van der Waals surface area contributed by atoms with E-state index in [-0.39, 0.29) is 5.91 Å². The molecule has 170 valence electrons. The number of nitrogens with zero attached hydrogens (tertiary/aromatic N) is 4. The molecule has 3 aromatic rings. The van der Waals surface area contributed by atoms with Gasteiger partial charge in [0.15, 0.2) is 0 Å². The lowest BCUT2D eigenvalue weighted by Crippen LogP contribution is -2.47. The van der Waals surface area contributed by atoms with E-state index >= 15 is 0 Å². The minimum atomic E-state index is 0.107. The van der Waals surface area contributed by atoms with Crippen LogP contribution in [0.5, 0.6) is 5.75 Å². The van der Waals surface area contributed by atoms with Crippen LogP contribution in [0.1, 0.15) is 48.4 Å². The number of hydrogen-bond acceptors (Lipinski definition) is 4. The van der Waals surface area contributed by atoms with Gasteiger partial charge in [-0.2, -0.15) is 0 Å². The van der Waals surface area contributed by atoms with Crippen molar-refractivity contribution >= 4 is 16.9 Å². The number of hydrogen-bond donors (Lipinski definition) is 0. The fourth-order valence-electron chi connectivity index (χ4n) is 4.65. The number of ether oxygens (including phenoxy) is 1. The highest BCUT2D eigenvalue weighted by Crippen LogP contribution is 2.23. The first-order chi connectivity index (χ1) is 15.4. The summed E-state index contributed by atoms with van der Waals surface area (Å²) in [7, 11) is 3.61. The number of imidazole rings is 1. The van der Waals surface area contributed by atoms with E-state index in [9.17, 15) is 4.79 Å². The quantitative estimate of drug-likeness (QED) is 0.579. The molecule has 4 rings (SSSR count). The summed E-state index contributed by atoms with van der Waals surface area (Å²) < 4.78 is 7.51. The van der Waals surface area contributed by atoms with Crippen LogP contribution in [0.25, 0.3) is 11.0 Å². The van der Waals surface area contributed by atoms with Gasteiger partial charge in [0.2, 0.25) is 0 Å². The molecule has 0 saturated carbocycles. The second-order valence-electron chi connectivity index (χ2n) is 9.07. The number of methoxy groups -OCH3 is 1. The van der Waals surface area contributed by atoms with Crippen molar-refractivity contribution in [3.63, 3.8) is 0 Å². The molecule has 2 aromatic carbocycles. The molecule has 0 unspecified atom stereocenters. The number of rotatable bonds is 6. The smallest absolute Gasteiger partial charge is 0.253 e. The minimum absolute atomic E-state index is 0.107. The Labute approximate surface area is 190 Å². The molecule has 0 atom stereocenters. The van der Waals surface area contributed by atoms with Crippen LogP contribution < -0.4 is 4.74 Å².